The molecule has 1 atom stereocenters. The van der Waals surface area contributed by atoms with Crippen LogP contribution >= 0.6 is 23.4 Å². The van der Waals surface area contributed by atoms with E-state index in [0.29, 0.717) is 17.1 Å². The first kappa shape index (κ1) is 19.0. The van der Waals surface area contributed by atoms with E-state index in [4.69, 9.17) is 11.6 Å². The fraction of sp³-hybridized carbons (Fsp3) is 0.286. The van der Waals surface area contributed by atoms with E-state index in [0.717, 1.165) is 35.5 Å². The molecule has 1 saturated heterocycles. The van der Waals surface area contributed by atoms with Crippen LogP contribution in [0.25, 0.3) is 11.0 Å². The molecule has 2 aromatic carbocycles. The SMILES string of the molecule is Cn1c(S[C@@H]2CCCCN(C(=O)c3ccc(Cl)cc3)C2=O)nc2ccccc21. The molecule has 1 aliphatic rings. The molecule has 0 unspecified atom stereocenters. The Kier molecular flexibility index (Phi) is 5.42. The van der Waals surface area contributed by atoms with Crippen molar-refractivity contribution in [3.05, 3.63) is 59.1 Å². The molecule has 144 valence electrons. The Labute approximate surface area is 172 Å². The molecule has 7 heteroatoms. The molecule has 0 bridgehead atoms. The molecule has 1 aromatic heterocycles. The molecule has 3 aromatic rings. The number of aryl methyl sites for hydroxylation is 1. The number of benzene rings is 2. The van der Waals surface area contributed by atoms with Crippen molar-refractivity contribution in [2.75, 3.05) is 6.54 Å². The number of hydrogen-bond donors (Lipinski definition) is 0. The van der Waals surface area contributed by atoms with Crippen LogP contribution in [0.2, 0.25) is 5.02 Å². The number of carbonyl (C=O) groups is 2. The highest BCUT2D eigenvalue weighted by Gasteiger charge is 2.33. The molecule has 1 aliphatic heterocycles. The minimum absolute atomic E-state index is 0.144. The zero-order valence-electron chi connectivity index (χ0n) is 15.5. The van der Waals surface area contributed by atoms with Crippen molar-refractivity contribution in [1.82, 2.24) is 14.5 Å². The predicted octanol–water partition coefficient (Wildman–Crippen LogP) is 4.54. The fourth-order valence-corrected chi connectivity index (χ4v) is 4.72. The van der Waals surface area contributed by atoms with E-state index >= 15 is 0 Å². The Morgan fingerprint density at radius 2 is 1.89 bits per heavy atom. The van der Waals surface area contributed by atoms with E-state index in [9.17, 15) is 9.59 Å². The van der Waals surface area contributed by atoms with E-state index in [2.05, 4.69) is 4.98 Å². The van der Waals surface area contributed by atoms with E-state index in [1.165, 1.54) is 16.7 Å². The number of amides is 2. The second kappa shape index (κ2) is 7.97. The smallest absolute Gasteiger partial charge is 0.260 e. The number of fused-ring (bicyclic) bond motifs is 1. The lowest BCUT2D eigenvalue weighted by molar-refractivity contribution is -0.127. The molecule has 4 rings (SSSR count). The second-order valence-corrected chi connectivity index (χ2v) is 8.45. The van der Waals surface area contributed by atoms with Crippen LogP contribution in [0, 0.1) is 0 Å². The number of likely N-dealkylation sites (tertiary alicyclic amines) is 1. The first-order valence-electron chi connectivity index (χ1n) is 9.24. The van der Waals surface area contributed by atoms with Crippen LogP contribution in [0.5, 0.6) is 0 Å². The first-order chi connectivity index (χ1) is 13.5. The summed E-state index contributed by atoms with van der Waals surface area (Å²) in [4.78, 5) is 32.1. The van der Waals surface area contributed by atoms with Gasteiger partial charge in [-0.3, -0.25) is 14.5 Å². The molecule has 0 spiro atoms. The lowest BCUT2D eigenvalue weighted by atomic mass is 10.2. The fourth-order valence-electron chi connectivity index (χ4n) is 3.42. The number of imide groups is 1. The minimum atomic E-state index is -0.325. The third kappa shape index (κ3) is 3.66. The van der Waals surface area contributed by atoms with Gasteiger partial charge in [-0.05, 0) is 49.2 Å². The predicted molar refractivity (Wildman–Crippen MR) is 112 cm³/mol. The summed E-state index contributed by atoms with van der Waals surface area (Å²) < 4.78 is 2.00. The molecule has 2 amide bonds. The van der Waals surface area contributed by atoms with Crippen LogP contribution < -0.4 is 0 Å². The van der Waals surface area contributed by atoms with Crippen molar-refractivity contribution in [3.8, 4) is 0 Å². The van der Waals surface area contributed by atoms with Gasteiger partial charge in [-0.2, -0.15) is 0 Å². The van der Waals surface area contributed by atoms with Gasteiger partial charge >= 0.3 is 0 Å². The summed E-state index contributed by atoms with van der Waals surface area (Å²) in [6, 6.07) is 14.6. The number of halogens is 1. The number of imidazole rings is 1. The standard InChI is InChI=1S/C21H20ClN3O2S/c1-24-17-7-3-2-6-16(17)23-21(24)28-18-8-4-5-13-25(20(18)27)19(26)14-9-11-15(22)12-10-14/h2-3,6-7,9-12,18H,4-5,8,13H2,1H3/t18-/m1/s1. The van der Waals surface area contributed by atoms with Crippen molar-refractivity contribution >= 4 is 46.2 Å². The molecule has 0 aliphatic carbocycles. The molecular formula is C21H20ClN3O2S. The number of thioether (sulfide) groups is 1. The quantitative estimate of drug-likeness (QED) is 0.591. The van der Waals surface area contributed by atoms with Crippen LogP contribution in [0.3, 0.4) is 0 Å². The van der Waals surface area contributed by atoms with E-state index in [1.807, 2.05) is 35.9 Å². The first-order valence-corrected chi connectivity index (χ1v) is 10.5. The van der Waals surface area contributed by atoms with Gasteiger partial charge in [0.15, 0.2) is 5.16 Å². The van der Waals surface area contributed by atoms with E-state index in [1.54, 1.807) is 24.3 Å². The van der Waals surface area contributed by atoms with Gasteiger partial charge in [0, 0.05) is 24.2 Å². The van der Waals surface area contributed by atoms with Crippen molar-refractivity contribution in [3.63, 3.8) is 0 Å². The summed E-state index contributed by atoms with van der Waals surface area (Å²) in [6.45, 7) is 0.444. The van der Waals surface area contributed by atoms with Crippen LogP contribution in [0.1, 0.15) is 29.6 Å². The number of aromatic nitrogens is 2. The van der Waals surface area contributed by atoms with Crippen molar-refractivity contribution in [1.29, 1.82) is 0 Å². The number of carbonyl (C=O) groups excluding carboxylic acids is 2. The number of hydrogen-bond acceptors (Lipinski definition) is 4. The normalized spacial score (nSPS) is 17.7. The lowest BCUT2D eigenvalue weighted by Gasteiger charge is -2.22. The maximum Gasteiger partial charge on any atom is 0.260 e. The van der Waals surface area contributed by atoms with Gasteiger partial charge in [0.05, 0.1) is 16.3 Å². The van der Waals surface area contributed by atoms with Gasteiger partial charge in [0.1, 0.15) is 0 Å². The molecule has 1 fully saturated rings. The van der Waals surface area contributed by atoms with E-state index in [-0.39, 0.29) is 17.1 Å². The van der Waals surface area contributed by atoms with Gasteiger partial charge in [-0.15, -0.1) is 0 Å². The lowest BCUT2D eigenvalue weighted by Crippen LogP contribution is -2.41. The van der Waals surface area contributed by atoms with Gasteiger partial charge in [-0.25, -0.2) is 4.98 Å². The maximum absolute atomic E-state index is 13.2. The zero-order chi connectivity index (χ0) is 19.7. The Morgan fingerprint density at radius 1 is 1.14 bits per heavy atom. The highest BCUT2D eigenvalue weighted by Crippen LogP contribution is 2.32. The summed E-state index contributed by atoms with van der Waals surface area (Å²) in [7, 11) is 1.95. The van der Waals surface area contributed by atoms with E-state index < -0.39 is 0 Å². The van der Waals surface area contributed by atoms with Crippen LogP contribution in [0.4, 0.5) is 0 Å². The number of rotatable bonds is 3. The molecular weight excluding hydrogens is 394 g/mol. The van der Waals surface area contributed by atoms with Gasteiger partial charge in [0.25, 0.3) is 5.91 Å². The summed E-state index contributed by atoms with van der Waals surface area (Å²) in [5.74, 6) is -0.409. The average Bonchev–Trinajstić information content (AvgIpc) is 2.90. The number of para-hydroxylation sites is 2. The average molecular weight is 414 g/mol. The van der Waals surface area contributed by atoms with Crippen molar-refractivity contribution in [2.24, 2.45) is 7.05 Å². The van der Waals surface area contributed by atoms with Gasteiger partial charge in [0.2, 0.25) is 5.91 Å². The molecule has 0 saturated carbocycles. The summed E-state index contributed by atoms with van der Waals surface area (Å²) in [5.41, 5.74) is 2.41. The molecule has 2 heterocycles. The third-order valence-corrected chi connectivity index (χ3v) is 6.52. The van der Waals surface area contributed by atoms with Crippen LogP contribution in [-0.4, -0.2) is 38.1 Å². The third-order valence-electron chi connectivity index (χ3n) is 4.97. The summed E-state index contributed by atoms with van der Waals surface area (Å²) in [6.07, 6.45) is 2.44. The molecule has 28 heavy (non-hydrogen) atoms. The topological polar surface area (TPSA) is 55.2 Å². The Balaban J connectivity index is 1.58. The highest BCUT2D eigenvalue weighted by molar-refractivity contribution is 8.00. The molecule has 0 radical (unpaired) electrons. The summed E-state index contributed by atoms with van der Waals surface area (Å²) >= 11 is 7.36. The molecule has 5 nitrogen and oxygen atoms in total. The van der Waals surface area contributed by atoms with Gasteiger partial charge < -0.3 is 4.57 Å². The molecule has 0 N–H and O–H groups in total. The van der Waals surface area contributed by atoms with Crippen molar-refractivity contribution in [2.45, 2.75) is 29.7 Å². The Morgan fingerprint density at radius 3 is 2.64 bits per heavy atom. The second-order valence-electron chi connectivity index (χ2n) is 6.85. The monoisotopic (exact) mass is 413 g/mol. The highest BCUT2D eigenvalue weighted by atomic mass is 35.5. The minimum Gasteiger partial charge on any atom is -0.322 e. The Hall–Kier alpha value is -2.31. The van der Waals surface area contributed by atoms with Crippen molar-refractivity contribution < 1.29 is 9.59 Å². The largest absolute Gasteiger partial charge is 0.322 e. The van der Waals surface area contributed by atoms with Gasteiger partial charge in [-0.1, -0.05) is 41.9 Å². The van der Waals surface area contributed by atoms with Crippen LogP contribution in [0.15, 0.2) is 53.7 Å². The Bertz CT molecular complexity index is 1030. The number of nitrogens with zero attached hydrogens (tertiary/aromatic N) is 3. The van der Waals surface area contributed by atoms with Crippen LogP contribution in [-0.2, 0) is 11.8 Å². The summed E-state index contributed by atoms with van der Waals surface area (Å²) in [5, 5.41) is 1.03. The zero-order valence-corrected chi connectivity index (χ0v) is 17.0. The maximum atomic E-state index is 13.2.